The summed E-state index contributed by atoms with van der Waals surface area (Å²) in [6.07, 6.45) is 5.14. The van der Waals surface area contributed by atoms with Crippen molar-refractivity contribution in [2.75, 3.05) is 46.3 Å². The molecule has 0 saturated carbocycles. The molecule has 180 valence electrons. The van der Waals surface area contributed by atoms with Crippen LogP contribution in [0.4, 0.5) is 5.69 Å². The lowest BCUT2D eigenvalue weighted by Crippen LogP contribution is -2.25. The first-order valence-corrected chi connectivity index (χ1v) is 11.9. The predicted molar refractivity (Wildman–Crippen MR) is 133 cm³/mol. The minimum absolute atomic E-state index is 0.193. The van der Waals surface area contributed by atoms with Gasteiger partial charge in [0.15, 0.2) is 11.5 Å². The molecule has 0 fully saturated rings. The minimum atomic E-state index is -0.271. The molecule has 3 rings (SSSR count). The fourth-order valence-electron chi connectivity index (χ4n) is 4.50. The molecule has 0 bridgehead atoms. The van der Waals surface area contributed by atoms with Crippen LogP contribution in [-0.4, -0.2) is 52.3 Å². The number of hydrogen-bond donors (Lipinski definition) is 0. The molecular weight excluding hydrogens is 416 g/mol. The summed E-state index contributed by atoms with van der Waals surface area (Å²) >= 11 is 0. The summed E-state index contributed by atoms with van der Waals surface area (Å²) in [5, 5.41) is 0. The van der Waals surface area contributed by atoms with Crippen molar-refractivity contribution in [3.8, 4) is 11.5 Å². The van der Waals surface area contributed by atoms with Gasteiger partial charge in [-0.25, -0.2) is 4.79 Å². The minimum Gasteiger partial charge on any atom is -0.493 e. The number of hydrogen-bond acceptors (Lipinski definition) is 6. The Hall–Kier alpha value is -2.73. The molecule has 0 aromatic heterocycles. The summed E-state index contributed by atoms with van der Waals surface area (Å²) in [4.78, 5) is 17.0. The Balaban J connectivity index is 1.44. The number of cyclic esters (lactones) is 1. The monoisotopic (exact) mass is 454 g/mol. The number of carbonyl (C=O) groups is 1. The Morgan fingerprint density at radius 1 is 0.970 bits per heavy atom. The SMILES string of the molecule is CCN(CCCCCCC1OC(=O)c2cc(OC)c(OC)cc21)Cc1ccccc1N(C)C. The van der Waals surface area contributed by atoms with E-state index in [-0.39, 0.29) is 12.1 Å². The lowest BCUT2D eigenvalue weighted by Gasteiger charge is -2.24. The lowest BCUT2D eigenvalue weighted by molar-refractivity contribution is 0.0363. The first kappa shape index (κ1) is 24.9. The smallest absolute Gasteiger partial charge is 0.339 e. The lowest BCUT2D eigenvalue weighted by atomic mass is 9.99. The van der Waals surface area contributed by atoms with Crippen molar-refractivity contribution in [1.82, 2.24) is 4.90 Å². The number of fused-ring (bicyclic) bond motifs is 1. The molecule has 6 heteroatoms. The number of para-hydroxylation sites is 1. The van der Waals surface area contributed by atoms with E-state index in [0.29, 0.717) is 17.1 Å². The standard InChI is InChI=1S/C27H38N2O4/c1-6-29(19-20-13-10-11-14-23(20)28(2)3)16-12-8-7-9-15-24-21-17-25(31-4)26(32-5)18-22(21)27(30)33-24/h10-11,13-14,17-18,24H,6-9,12,15-16,19H2,1-5H3. The first-order valence-electron chi connectivity index (χ1n) is 11.9. The highest BCUT2D eigenvalue weighted by atomic mass is 16.5. The fraction of sp³-hybridized carbons (Fsp3) is 0.519. The van der Waals surface area contributed by atoms with E-state index >= 15 is 0 Å². The van der Waals surface area contributed by atoms with E-state index in [2.05, 4.69) is 55.1 Å². The molecule has 1 aliphatic heterocycles. The van der Waals surface area contributed by atoms with Gasteiger partial charge in [0.1, 0.15) is 6.10 Å². The molecule has 6 nitrogen and oxygen atoms in total. The van der Waals surface area contributed by atoms with Crippen LogP contribution in [-0.2, 0) is 11.3 Å². The van der Waals surface area contributed by atoms with Gasteiger partial charge < -0.3 is 19.1 Å². The fourth-order valence-corrected chi connectivity index (χ4v) is 4.50. The Morgan fingerprint density at radius 3 is 2.36 bits per heavy atom. The Kier molecular flexibility index (Phi) is 9.01. The highest BCUT2D eigenvalue weighted by molar-refractivity contribution is 5.95. The molecule has 1 unspecified atom stereocenters. The van der Waals surface area contributed by atoms with Gasteiger partial charge in [-0.15, -0.1) is 0 Å². The highest BCUT2D eigenvalue weighted by Gasteiger charge is 2.32. The van der Waals surface area contributed by atoms with Gasteiger partial charge in [0.25, 0.3) is 0 Å². The number of nitrogens with zero attached hydrogens (tertiary/aromatic N) is 2. The molecule has 0 aliphatic carbocycles. The number of benzene rings is 2. The number of ether oxygens (including phenoxy) is 3. The Morgan fingerprint density at radius 2 is 1.67 bits per heavy atom. The molecular formula is C27H38N2O4. The Labute approximate surface area is 198 Å². The van der Waals surface area contributed by atoms with Crippen molar-refractivity contribution in [3.05, 3.63) is 53.1 Å². The first-order chi connectivity index (χ1) is 16.0. The zero-order valence-corrected chi connectivity index (χ0v) is 20.7. The Bertz CT molecular complexity index is 928. The molecule has 0 spiro atoms. The normalized spacial score (nSPS) is 14.8. The molecule has 0 saturated heterocycles. The quantitative estimate of drug-likeness (QED) is 0.296. The van der Waals surface area contributed by atoms with Gasteiger partial charge >= 0.3 is 5.97 Å². The number of methoxy groups -OCH3 is 2. The number of unbranched alkanes of at least 4 members (excludes halogenated alkanes) is 3. The van der Waals surface area contributed by atoms with Crippen molar-refractivity contribution in [1.29, 1.82) is 0 Å². The van der Waals surface area contributed by atoms with Gasteiger partial charge in [-0.1, -0.05) is 38.0 Å². The number of esters is 1. The molecule has 0 radical (unpaired) electrons. The molecule has 33 heavy (non-hydrogen) atoms. The summed E-state index contributed by atoms with van der Waals surface area (Å²) in [5.74, 6) is 0.921. The third-order valence-electron chi connectivity index (χ3n) is 6.38. The zero-order chi connectivity index (χ0) is 23.8. The summed E-state index contributed by atoms with van der Waals surface area (Å²) < 4.78 is 16.3. The van der Waals surface area contributed by atoms with Crippen molar-refractivity contribution < 1.29 is 19.0 Å². The van der Waals surface area contributed by atoms with Crippen LogP contribution in [0.3, 0.4) is 0 Å². The third kappa shape index (κ3) is 6.20. The van der Waals surface area contributed by atoms with Gasteiger partial charge in [0.05, 0.1) is 19.8 Å². The molecule has 1 heterocycles. The number of anilines is 1. The van der Waals surface area contributed by atoms with E-state index in [1.54, 1.807) is 20.3 Å². The maximum atomic E-state index is 12.3. The van der Waals surface area contributed by atoms with Crippen molar-refractivity contribution >= 4 is 11.7 Å². The second-order valence-electron chi connectivity index (χ2n) is 8.78. The van der Waals surface area contributed by atoms with Gasteiger partial charge in [0.2, 0.25) is 0 Å². The summed E-state index contributed by atoms with van der Waals surface area (Å²) in [6, 6.07) is 12.2. The molecule has 0 N–H and O–H groups in total. The van der Waals surface area contributed by atoms with Crippen LogP contribution in [0.2, 0.25) is 0 Å². The average Bonchev–Trinajstić information content (AvgIpc) is 3.13. The van der Waals surface area contributed by atoms with Gasteiger partial charge in [-0.3, -0.25) is 4.90 Å². The number of carbonyl (C=O) groups excluding carboxylic acids is 1. The third-order valence-corrected chi connectivity index (χ3v) is 6.38. The molecule has 2 aromatic carbocycles. The summed E-state index contributed by atoms with van der Waals surface area (Å²) in [5.41, 5.74) is 4.17. The van der Waals surface area contributed by atoms with E-state index in [1.807, 2.05) is 6.07 Å². The topological polar surface area (TPSA) is 51.2 Å². The van der Waals surface area contributed by atoms with Crippen LogP contribution in [0.25, 0.3) is 0 Å². The molecule has 1 aliphatic rings. The molecule has 2 aromatic rings. The van der Waals surface area contributed by atoms with E-state index in [1.165, 1.54) is 24.1 Å². The zero-order valence-electron chi connectivity index (χ0n) is 20.7. The van der Waals surface area contributed by atoms with Crippen LogP contribution < -0.4 is 14.4 Å². The summed E-state index contributed by atoms with van der Waals surface area (Å²) in [7, 11) is 7.38. The predicted octanol–water partition coefficient (Wildman–Crippen LogP) is 5.45. The maximum absolute atomic E-state index is 12.3. The largest absolute Gasteiger partial charge is 0.493 e. The van der Waals surface area contributed by atoms with Crippen LogP contribution in [0.15, 0.2) is 36.4 Å². The van der Waals surface area contributed by atoms with Crippen LogP contribution in [0.1, 0.15) is 66.6 Å². The summed E-state index contributed by atoms with van der Waals surface area (Å²) in [6.45, 7) is 5.34. The van der Waals surface area contributed by atoms with Crippen LogP contribution in [0, 0.1) is 0 Å². The van der Waals surface area contributed by atoms with Crippen LogP contribution in [0.5, 0.6) is 11.5 Å². The van der Waals surface area contributed by atoms with E-state index in [4.69, 9.17) is 14.2 Å². The van der Waals surface area contributed by atoms with Gasteiger partial charge in [-0.2, -0.15) is 0 Å². The average molecular weight is 455 g/mol. The van der Waals surface area contributed by atoms with Gasteiger partial charge in [-0.05, 0) is 56.1 Å². The highest BCUT2D eigenvalue weighted by Crippen LogP contribution is 2.40. The van der Waals surface area contributed by atoms with Crippen molar-refractivity contribution in [2.45, 2.75) is 51.7 Å². The maximum Gasteiger partial charge on any atom is 0.339 e. The van der Waals surface area contributed by atoms with E-state index < -0.39 is 0 Å². The number of rotatable bonds is 13. The second-order valence-corrected chi connectivity index (χ2v) is 8.78. The van der Waals surface area contributed by atoms with E-state index in [9.17, 15) is 4.79 Å². The van der Waals surface area contributed by atoms with Crippen molar-refractivity contribution in [2.24, 2.45) is 0 Å². The van der Waals surface area contributed by atoms with Crippen LogP contribution >= 0.6 is 0 Å². The van der Waals surface area contributed by atoms with E-state index in [0.717, 1.165) is 44.5 Å². The second kappa shape index (κ2) is 11.9. The van der Waals surface area contributed by atoms with Gasteiger partial charge in [0, 0.05) is 31.9 Å². The molecule has 1 atom stereocenters. The molecule has 0 amide bonds. The van der Waals surface area contributed by atoms with Crippen molar-refractivity contribution in [3.63, 3.8) is 0 Å².